The maximum Gasteiger partial charge on any atom is 0.162 e. The van der Waals surface area contributed by atoms with Gasteiger partial charge in [-0.25, -0.2) is 0 Å². The van der Waals surface area contributed by atoms with Crippen LogP contribution in [0.4, 0.5) is 0 Å². The number of rotatable bonds is 1. The molecule has 0 fully saturated rings. The van der Waals surface area contributed by atoms with Crippen molar-refractivity contribution in [2.24, 2.45) is 0 Å². The van der Waals surface area contributed by atoms with Crippen LogP contribution in [0, 0.1) is 18.8 Å². The minimum absolute atomic E-state index is 1.26. The predicted octanol–water partition coefficient (Wildman–Crippen LogP) is 7.46. The predicted molar refractivity (Wildman–Crippen MR) is 131 cm³/mol. The molecule has 0 saturated heterocycles. The van der Waals surface area contributed by atoms with Crippen LogP contribution in [0.1, 0.15) is 22.3 Å². The van der Waals surface area contributed by atoms with Gasteiger partial charge in [-0.1, -0.05) is 54.1 Å². The first-order chi connectivity index (χ1) is 15.3. The summed E-state index contributed by atoms with van der Waals surface area (Å²) in [5, 5.41) is 0. The molecule has 0 atom stereocenters. The molecule has 0 heteroatoms. The Balaban J connectivity index is 1.63. The lowest BCUT2D eigenvalue weighted by Gasteiger charge is -2.17. The quantitative estimate of drug-likeness (QED) is 0.440. The molecule has 0 aromatic heterocycles. The Morgan fingerprint density at radius 1 is 0.645 bits per heavy atom. The molecule has 4 aliphatic carbocycles. The molecule has 0 radical (unpaired) electrons. The highest BCUT2D eigenvalue weighted by Crippen LogP contribution is 2.50. The molecule has 6 rings (SSSR count). The van der Waals surface area contributed by atoms with Crippen molar-refractivity contribution >= 4 is 11.1 Å². The smallest absolute Gasteiger partial charge is 0.0615 e. The minimum Gasteiger partial charge on any atom is -0.0615 e. The minimum atomic E-state index is 1.26. The molecule has 0 aliphatic heterocycles. The van der Waals surface area contributed by atoms with E-state index in [-0.39, 0.29) is 0 Å². The van der Waals surface area contributed by atoms with Crippen molar-refractivity contribution in [3.8, 4) is 0 Å². The van der Waals surface area contributed by atoms with Crippen LogP contribution in [0.25, 0.3) is 11.1 Å². The first-order valence-electron chi connectivity index (χ1n) is 10.8. The number of allylic oxidation sites excluding steroid dienone is 15. The van der Waals surface area contributed by atoms with Gasteiger partial charge in [0.25, 0.3) is 0 Å². The third-order valence-corrected chi connectivity index (χ3v) is 6.33. The normalized spacial score (nSPS) is 18.3. The number of hydrogen-bond donors (Lipinski definition) is 0. The van der Waals surface area contributed by atoms with Gasteiger partial charge in [0.2, 0.25) is 0 Å². The van der Waals surface area contributed by atoms with E-state index in [0.717, 1.165) is 0 Å². The van der Waals surface area contributed by atoms with Crippen molar-refractivity contribution in [2.45, 2.75) is 6.92 Å². The van der Waals surface area contributed by atoms with Crippen LogP contribution in [0.15, 0.2) is 132 Å². The second-order valence-corrected chi connectivity index (χ2v) is 8.27. The summed E-state index contributed by atoms with van der Waals surface area (Å²) in [7, 11) is 0. The molecule has 0 N–H and O–H groups in total. The third-order valence-electron chi connectivity index (χ3n) is 6.33. The van der Waals surface area contributed by atoms with Gasteiger partial charge in [-0.05, 0) is 30.7 Å². The van der Waals surface area contributed by atoms with E-state index in [1.54, 1.807) is 0 Å². The van der Waals surface area contributed by atoms with E-state index >= 15 is 0 Å². The third kappa shape index (κ3) is 2.92. The van der Waals surface area contributed by atoms with Crippen LogP contribution in [0.3, 0.4) is 0 Å². The van der Waals surface area contributed by atoms with Gasteiger partial charge in [0.05, 0.1) is 29.2 Å². The zero-order valence-electron chi connectivity index (χ0n) is 17.5. The molecule has 2 aromatic rings. The summed E-state index contributed by atoms with van der Waals surface area (Å²) in [5.41, 5.74) is 11.6. The van der Waals surface area contributed by atoms with E-state index < -0.39 is 0 Å². The molecule has 0 saturated carbocycles. The summed E-state index contributed by atoms with van der Waals surface area (Å²) < 4.78 is 0. The maximum atomic E-state index is 2.39. The second-order valence-electron chi connectivity index (χ2n) is 8.27. The molecule has 31 heavy (non-hydrogen) atoms. The second kappa shape index (κ2) is 7.11. The fraction of sp³-hybridized carbons (Fsp3) is 0.0323. The van der Waals surface area contributed by atoms with Gasteiger partial charge < -0.3 is 0 Å². The maximum absolute atomic E-state index is 2.39. The highest BCUT2D eigenvalue weighted by atomic mass is 14.4. The molecule has 4 aliphatic rings. The molecule has 0 unspecified atom stereocenters. The van der Waals surface area contributed by atoms with Crippen molar-refractivity contribution in [2.75, 3.05) is 0 Å². The number of fused-ring (bicyclic) bond motifs is 3. The van der Waals surface area contributed by atoms with Crippen LogP contribution >= 0.6 is 0 Å². The number of benzene rings is 2. The van der Waals surface area contributed by atoms with Crippen molar-refractivity contribution in [1.82, 2.24) is 0 Å². The van der Waals surface area contributed by atoms with Gasteiger partial charge in [-0.2, -0.15) is 0 Å². The van der Waals surface area contributed by atoms with Gasteiger partial charge >= 0.3 is 0 Å². The van der Waals surface area contributed by atoms with E-state index in [1.807, 2.05) is 0 Å². The topological polar surface area (TPSA) is 0 Å². The Labute approximate surface area is 184 Å². The van der Waals surface area contributed by atoms with Crippen LogP contribution in [-0.2, 0) is 0 Å². The molecular formula is C31H22+2. The summed E-state index contributed by atoms with van der Waals surface area (Å²) in [5.74, 6) is 2.57. The zero-order valence-corrected chi connectivity index (χ0v) is 17.5. The van der Waals surface area contributed by atoms with E-state index in [2.05, 4.69) is 122 Å². The Hall–Kier alpha value is -3.90. The summed E-state index contributed by atoms with van der Waals surface area (Å²) in [4.78, 5) is 0. The van der Waals surface area contributed by atoms with E-state index in [9.17, 15) is 0 Å². The standard InChI is InChI=1S/C31H22/c1-21-14-16-24(17-15-21)29-20-30(28-13-7-6-12-27(28)29)31-25-10-4-2-8-22(25)18-19-23-9-3-5-11-26(23)31/h2-20H,1H3/q+2. The van der Waals surface area contributed by atoms with E-state index in [1.165, 1.54) is 62.0 Å². The Morgan fingerprint density at radius 2 is 1.26 bits per heavy atom. The van der Waals surface area contributed by atoms with E-state index in [0.29, 0.717) is 0 Å². The number of aryl methyl sites for hydroxylation is 1. The number of hydrogen-bond acceptors (Lipinski definition) is 0. The summed E-state index contributed by atoms with van der Waals surface area (Å²) >= 11 is 0. The molecular weight excluding hydrogens is 372 g/mol. The average Bonchev–Trinajstić information content (AvgIpc) is 3.10. The fourth-order valence-electron chi connectivity index (χ4n) is 4.79. The van der Waals surface area contributed by atoms with Crippen LogP contribution in [-0.4, -0.2) is 0 Å². The first kappa shape index (κ1) is 17.9. The molecule has 2 aromatic carbocycles. The van der Waals surface area contributed by atoms with Gasteiger partial charge in [0.15, 0.2) is 5.57 Å². The first-order valence-corrected chi connectivity index (χ1v) is 10.8. The van der Waals surface area contributed by atoms with Gasteiger partial charge in [-0.15, -0.1) is 0 Å². The fourth-order valence-corrected chi connectivity index (χ4v) is 4.79. The zero-order chi connectivity index (χ0) is 20.8. The van der Waals surface area contributed by atoms with Crippen LogP contribution < -0.4 is 0 Å². The molecule has 0 heterocycles. The van der Waals surface area contributed by atoms with Crippen molar-refractivity contribution in [1.29, 1.82) is 0 Å². The molecule has 0 amide bonds. The Bertz CT molecular complexity index is 1260. The lowest BCUT2D eigenvalue weighted by Crippen LogP contribution is -2.12. The largest absolute Gasteiger partial charge is 0.162 e. The lowest BCUT2D eigenvalue weighted by molar-refractivity contribution is 1.18. The molecule has 0 bridgehead atoms. The molecule has 0 nitrogen and oxygen atoms in total. The highest BCUT2D eigenvalue weighted by Gasteiger charge is 2.43. The summed E-state index contributed by atoms with van der Waals surface area (Å²) in [6.45, 7) is 2.14. The average molecular weight is 395 g/mol. The Kier molecular flexibility index (Phi) is 4.11. The SMILES string of the molecule is Cc1ccc(C2=CC(=C3[C+]4C=CC=CC4=CC=C4C=CC=C[C+]43)c3ccccc32)cc1. The van der Waals surface area contributed by atoms with E-state index in [4.69, 9.17) is 0 Å². The summed E-state index contributed by atoms with van der Waals surface area (Å²) in [6.07, 6.45) is 24.3. The van der Waals surface area contributed by atoms with Gasteiger partial charge in [0.1, 0.15) is 11.5 Å². The van der Waals surface area contributed by atoms with Gasteiger partial charge in [-0.3, -0.25) is 0 Å². The summed E-state index contributed by atoms with van der Waals surface area (Å²) in [6, 6.07) is 17.7. The molecule has 144 valence electrons. The monoisotopic (exact) mass is 394 g/mol. The van der Waals surface area contributed by atoms with Crippen LogP contribution in [0.2, 0.25) is 0 Å². The van der Waals surface area contributed by atoms with Crippen molar-refractivity contribution < 1.29 is 0 Å². The lowest BCUT2D eigenvalue weighted by atomic mass is 9.75. The highest BCUT2D eigenvalue weighted by molar-refractivity contribution is 6.04. The van der Waals surface area contributed by atoms with Crippen molar-refractivity contribution in [3.63, 3.8) is 0 Å². The van der Waals surface area contributed by atoms with Gasteiger partial charge in [0, 0.05) is 53.2 Å². The van der Waals surface area contributed by atoms with Crippen molar-refractivity contribution in [3.05, 3.63) is 166 Å². The molecule has 0 spiro atoms. The Morgan fingerprint density at radius 3 is 1.90 bits per heavy atom. The van der Waals surface area contributed by atoms with Crippen LogP contribution in [0.5, 0.6) is 0 Å².